The number of pyridine rings is 1. The minimum atomic E-state index is -4.53. The fraction of sp³-hybridized carbons (Fsp3) is 0.600. The van der Waals surface area contributed by atoms with Crippen molar-refractivity contribution in [2.45, 2.75) is 57.5 Å². The lowest BCUT2D eigenvalue weighted by Gasteiger charge is -2.30. The number of hydrogen-bond acceptors (Lipinski definition) is 5. The highest BCUT2D eigenvalue weighted by molar-refractivity contribution is 6.76. The van der Waals surface area contributed by atoms with E-state index in [4.69, 9.17) is 4.74 Å². The second kappa shape index (κ2) is 9.07. The normalized spacial score (nSPS) is 16.3. The lowest BCUT2D eigenvalue weighted by Crippen LogP contribution is -2.36. The molecule has 0 atom stereocenters. The summed E-state index contributed by atoms with van der Waals surface area (Å²) in [6.07, 6.45) is -0.921. The van der Waals surface area contributed by atoms with Gasteiger partial charge in [0.2, 0.25) is 0 Å². The number of nitrogens with zero attached hydrogens (tertiary/aromatic N) is 4. The Morgan fingerprint density at radius 1 is 1.20 bits per heavy atom. The predicted molar refractivity (Wildman–Crippen MR) is 112 cm³/mol. The molecule has 10 heteroatoms. The monoisotopic (exact) mass is 442 g/mol. The van der Waals surface area contributed by atoms with Gasteiger partial charge in [0.15, 0.2) is 5.69 Å². The van der Waals surface area contributed by atoms with E-state index in [1.54, 1.807) is 18.3 Å². The van der Waals surface area contributed by atoms with E-state index in [0.29, 0.717) is 38.1 Å². The highest BCUT2D eigenvalue weighted by Crippen LogP contribution is 2.31. The summed E-state index contributed by atoms with van der Waals surface area (Å²) >= 11 is 0. The van der Waals surface area contributed by atoms with Crippen LogP contribution in [0.25, 0.3) is 11.4 Å². The first-order valence-corrected chi connectivity index (χ1v) is 13.9. The topological polar surface area (TPSA) is 63.4 Å². The molecule has 1 saturated heterocycles. The van der Waals surface area contributed by atoms with Crippen LogP contribution in [0.5, 0.6) is 0 Å². The number of aromatic nitrogens is 3. The second-order valence-corrected chi connectivity index (χ2v) is 14.5. The van der Waals surface area contributed by atoms with E-state index >= 15 is 0 Å². The number of aliphatic hydroxyl groups excluding tert-OH is 1. The van der Waals surface area contributed by atoms with Crippen LogP contribution in [0, 0.1) is 0 Å². The van der Waals surface area contributed by atoms with Crippen molar-refractivity contribution < 1.29 is 23.0 Å². The highest BCUT2D eigenvalue weighted by atomic mass is 28.3. The van der Waals surface area contributed by atoms with Crippen molar-refractivity contribution in [1.82, 2.24) is 14.5 Å². The van der Waals surface area contributed by atoms with Crippen molar-refractivity contribution in [1.29, 1.82) is 0 Å². The Morgan fingerprint density at radius 3 is 2.47 bits per heavy atom. The van der Waals surface area contributed by atoms with Crippen LogP contribution >= 0.6 is 0 Å². The van der Waals surface area contributed by atoms with Crippen molar-refractivity contribution >= 4 is 13.9 Å². The molecule has 30 heavy (non-hydrogen) atoms. The fourth-order valence-electron chi connectivity index (χ4n) is 3.22. The summed E-state index contributed by atoms with van der Waals surface area (Å²) in [5.41, 5.74) is -0.444. The van der Waals surface area contributed by atoms with Crippen LogP contribution in [0.15, 0.2) is 24.5 Å². The molecule has 0 aromatic carbocycles. The standard InChI is InChI=1S/C20H29F3N4O2Si/c1-30(2,3)11-10-29-14-27-13-17(20(21,22)23)25-19(27)15-4-5-18(24-12-15)26-8-6-16(28)7-9-26/h4-5,12-13,16,28H,6-11,14H2,1-3H3. The van der Waals surface area contributed by atoms with E-state index in [-0.39, 0.29) is 18.7 Å². The Morgan fingerprint density at radius 2 is 1.90 bits per heavy atom. The highest BCUT2D eigenvalue weighted by Gasteiger charge is 2.35. The quantitative estimate of drug-likeness (QED) is 0.513. The maximum absolute atomic E-state index is 13.2. The number of ether oxygens (including phenoxy) is 1. The van der Waals surface area contributed by atoms with Gasteiger partial charge in [-0.25, -0.2) is 9.97 Å². The third-order valence-corrected chi connectivity index (χ3v) is 6.79. The number of alkyl halides is 3. The summed E-state index contributed by atoms with van der Waals surface area (Å²) in [7, 11) is -1.29. The summed E-state index contributed by atoms with van der Waals surface area (Å²) in [6, 6.07) is 4.45. The maximum Gasteiger partial charge on any atom is 0.434 e. The molecule has 0 bridgehead atoms. The van der Waals surface area contributed by atoms with Crippen molar-refractivity contribution in [3.8, 4) is 11.4 Å². The molecule has 2 aromatic rings. The molecule has 166 valence electrons. The first-order chi connectivity index (χ1) is 14.0. The van der Waals surface area contributed by atoms with E-state index in [2.05, 4.69) is 34.5 Å². The van der Waals surface area contributed by atoms with Crippen LogP contribution in [0.2, 0.25) is 25.7 Å². The van der Waals surface area contributed by atoms with Crippen LogP contribution in [0.1, 0.15) is 18.5 Å². The summed E-state index contributed by atoms with van der Waals surface area (Å²) < 4.78 is 46.7. The van der Waals surface area contributed by atoms with Gasteiger partial charge < -0.3 is 19.3 Å². The van der Waals surface area contributed by atoms with Crippen LogP contribution in [-0.2, 0) is 17.6 Å². The summed E-state index contributed by atoms with van der Waals surface area (Å²) in [6.45, 7) is 8.57. The van der Waals surface area contributed by atoms with Gasteiger partial charge >= 0.3 is 6.18 Å². The van der Waals surface area contributed by atoms with Gasteiger partial charge in [0.1, 0.15) is 18.4 Å². The zero-order valence-corrected chi connectivity index (χ0v) is 18.6. The summed E-state index contributed by atoms with van der Waals surface area (Å²) in [5, 5.41) is 9.64. The second-order valence-electron chi connectivity index (χ2n) is 8.89. The Kier molecular flexibility index (Phi) is 6.88. The van der Waals surface area contributed by atoms with Crippen LogP contribution in [-0.4, -0.2) is 53.5 Å². The molecular formula is C20H29F3N4O2Si. The molecule has 1 fully saturated rings. The average Bonchev–Trinajstić information content (AvgIpc) is 3.10. The SMILES string of the molecule is C[Si](C)(C)CCOCn1cc(C(F)(F)F)nc1-c1ccc(N2CCC(O)CC2)nc1. The Labute approximate surface area is 175 Å². The van der Waals surface area contributed by atoms with Crippen molar-refractivity contribution in [2.75, 3.05) is 24.6 Å². The van der Waals surface area contributed by atoms with E-state index in [1.165, 1.54) is 4.57 Å². The third-order valence-electron chi connectivity index (χ3n) is 5.09. The van der Waals surface area contributed by atoms with Gasteiger partial charge in [0.05, 0.1) is 6.10 Å². The zero-order valence-electron chi connectivity index (χ0n) is 17.6. The van der Waals surface area contributed by atoms with E-state index in [0.717, 1.165) is 18.1 Å². The third kappa shape index (κ3) is 6.05. The number of piperidine rings is 1. The van der Waals surface area contributed by atoms with Crippen molar-refractivity contribution in [3.63, 3.8) is 0 Å². The minimum Gasteiger partial charge on any atom is -0.393 e. The predicted octanol–water partition coefficient (Wildman–Crippen LogP) is 4.24. The number of imidazole rings is 1. The zero-order chi connectivity index (χ0) is 21.9. The first kappa shape index (κ1) is 22.8. The molecule has 0 spiro atoms. The van der Waals surface area contributed by atoms with Crippen LogP contribution in [0.4, 0.5) is 19.0 Å². The number of halogens is 3. The molecule has 0 aliphatic carbocycles. The van der Waals surface area contributed by atoms with Gasteiger partial charge in [-0.15, -0.1) is 0 Å². The Hall–Kier alpha value is -1.91. The molecule has 1 aliphatic rings. The molecule has 0 amide bonds. The van der Waals surface area contributed by atoms with Crippen LogP contribution in [0.3, 0.4) is 0 Å². The molecular weight excluding hydrogens is 413 g/mol. The first-order valence-electron chi connectivity index (χ1n) is 10.1. The number of aliphatic hydroxyl groups is 1. The van der Waals surface area contributed by atoms with E-state index < -0.39 is 19.9 Å². The molecule has 3 heterocycles. The molecule has 3 rings (SSSR count). The number of anilines is 1. The molecule has 0 unspecified atom stereocenters. The van der Waals surface area contributed by atoms with Gasteiger partial charge in [-0.2, -0.15) is 13.2 Å². The van der Waals surface area contributed by atoms with Gasteiger partial charge in [-0.05, 0) is 31.0 Å². The average molecular weight is 443 g/mol. The molecule has 0 radical (unpaired) electrons. The largest absolute Gasteiger partial charge is 0.434 e. The van der Waals surface area contributed by atoms with E-state index in [9.17, 15) is 18.3 Å². The molecule has 1 N–H and O–H groups in total. The van der Waals surface area contributed by atoms with Gasteiger partial charge in [0, 0.05) is 45.7 Å². The lowest BCUT2D eigenvalue weighted by atomic mass is 10.1. The minimum absolute atomic E-state index is 0.00859. The molecule has 0 saturated carbocycles. The molecule has 6 nitrogen and oxygen atoms in total. The molecule has 2 aromatic heterocycles. The van der Waals surface area contributed by atoms with Crippen molar-refractivity contribution in [3.05, 3.63) is 30.2 Å². The number of hydrogen-bond donors (Lipinski definition) is 1. The maximum atomic E-state index is 13.2. The molecule has 1 aliphatic heterocycles. The van der Waals surface area contributed by atoms with Crippen LogP contribution < -0.4 is 4.90 Å². The van der Waals surface area contributed by atoms with Gasteiger partial charge in [-0.3, -0.25) is 0 Å². The Balaban J connectivity index is 1.76. The smallest absolute Gasteiger partial charge is 0.393 e. The summed E-state index contributed by atoms with van der Waals surface area (Å²) in [4.78, 5) is 10.3. The summed E-state index contributed by atoms with van der Waals surface area (Å²) in [5.74, 6) is 0.926. The fourth-order valence-corrected chi connectivity index (χ4v) is 3.98. The number of rotatable bonds is 7. The van der Waals surface area contributed by atoms with Crippen molar-refractivity contribution in [2.24, 2.45) is 0 Å². The Bertz CT molecular complexity index is 826. The van der Waals surface area contributed by atoms with Gasteiger partial charge in [0.25, 0.3) is 0 Å². The van der Waals surface area contributed by atoms with Gasteiger partial charge in [-0.1, -0.05) is 19.6 Å². The van der Waals surface area contributed by atoms with E-state index in [1.807, 2.05) is 0 Å². The lowest BCUT2D eigenvalue weighted by molar-refractivity contribution is -0.141.